The average molecular weight is 207 g/mol. The predicted octanol–water partition coefficient (Wildman–Crippen LogP) is 1.23. The van der Waals surface area contributed by atoms with E-state index in [0.717, 1.165) is 0 Å². The van der Waals surface area contributed by atoms with Gasteiger partial charge in [0, 0.05) is 0 Å². The summed E-state index contributed by atoms with van der Waals surface area (Å²) >= 11 is 0. The average Bonchev–Trinajstić information content (AvgIpc) is 1.96. The number of aliphatic hydroxyl groups is 1. The van der Waals surface area contributed by atoms with Crippen molar-refractivity contribution in [1.29, 1.82) is 0 Å². The Morgan fingerprint density at radius 2 is 2.07 bits per heavy atom. The molecule has 84 valence electrons. The molecule has 1 amide bonds. The minimum Gasteiger partial charge on any atom is -0.444 e. The van der Waals surface area contributed by atoms with Crippen LogP contribution >= 0.6 is 0 Å². The van der Waals surface area contributed by atoms with Gasteiger partial charge in [-0.05, 0) is 27.7 Å². The smallest absolute Gasteiger partial charge is 0.408 e. The van der Waals surface area contributed by atoms with E-state index in [-0.39, 0.29) is 0 Å². The molecule has 14 heavy (non-hydrogen) atoms. The van der Waals surface area contributed by atoms with E-state index in [1.165, 1.54) is 6.92 Å². The number of alkyl halides is 1. The van der Waals surface area contributed by atoms with Crippen LogP contribution in [0.15, 0.2) is 0 Å². The Morgan fingerprint density at radius 3 is 2.36 bits per heavy atom. The zero-order valence-corrected chi connectivity index (χ0v) is 9.00. The maximum Gasteiger partial charge on any atom is 0.408 e. The van der Waals surface area contributed by atoms with Gasteiger partial charge in [0.25, 0.3) is 0 Å². The van der Waals surface area contributed by atoms with Crippen molar-refractivity contribution >= 4 is 6.09 Å². The molecule has 0 saturated carbocycles. The van der Waals surface area contributed by atoms with Crippen LogP contribution < -0.4 is 5.32 Å². The summed E-state index contributed by atoms with van der Waals surface area (Å²) in [5, 5.41) is 11.0. The highest BCUT2D eigenvalue weighted by Gasteiger charge is 2.22. The summed E-state index contributed by atoms with van der Waals surface area (Å²) in [4.78, 5) is 11.1. The first kappa shape index (κ1) is 13.2. The predicted molar refractivity (Wildman–Crippen MR) is 50.8 cm³/mol. The summed E-state index contributed by atoms with van der Waals surface area (Å²) in [7, 11) is 0. The number of carbonyl (C=O) groups is 1. The third kappa shape index (κ3) is 5.75. The van der Waals surface area contributed by atoms with Crippen molar-refractivity contribution in [2.24, 2.45) is 0 Å². The molecular weight excluding hydrogens is 189 g/mol. The molecule has 0 aromatic rings. The van der Waals surface area contributed by atoms with Gasteiger partial charge in [-0.1, -0.05) is 0 Å². The van der Waals surface area contributed by atoms with Crippen LogP contribution in [0.25, 0.3) is 0 Å². The van der Waals surface area contributed by atoms with Gasteiger partial charge >= 0.3 is 6.09 Å². The van der Waals surface area contributed by atoms with Gasteiger partial charge in [-0.25, -0.2) is 9.18 Å². The molecule has 0 aliphatic heterocycles. The van der Waals surface area contributed by atoms with Crippen molar-refractivity contribution < 1.29 is 19.0 Å². The maximum atomic E-state index is 12.7. The third-order valence-electron chi connectivity index (χ3n) is 1.45. The van der Waals surface area contributed by atoms with Crippen LogP contribution in [0.4, 0.5) is 9.18 Å². The fourth-order valence-corrected chi connectivity index (χ4v) is 0.765. The number of nitrogens with one attached hydrogen (secondary N) is 1. The summed E-state index contributed by atoms with van der Waals surface area (Å²) in [6.45, 7) is 5.94. The van der Waals surface area contributed by atoms with E-state index in [0.29, 0.717) is 0 Å². The number of hydrogen-bond acceptors (Lipinski definition) is 3. The fourth-order valence-electron chi connectivity index (χ4n) is 0.765. The van der Waals surface area contributed by atoms with Gasteiger partial charge in [-0.3, -0.25) is 0 Å². The molecule has 4 nitrogen and oxygen atoms in total. The zero-order chi connectivity index (χ0) is 11.4. The van der Waals surface area contributed by atoms with E-state index >= 15 is 0 Å². The van der Waals surface area contributed by atoms with Crippen molar-refractivity contribution in [3.05, 3.63) is 0 Å². The summed E-state index contributed by atoms with van der Waals surface area (Å²) in [6, 6.07) is -0.912. The first-order chi connectivity index (χ1) is 6.26. The molecule has 2 atom stereocenters. The number of halogens is 1. The van der Waals surface area contributed by atoms with Crippen molar-refractivity contribution in [3.8, 4) is 0 Å². The lowest BCUT2D eigenvalue weighted by molar-refractivity contribution is 0.0442. The summed E-state index contributed by atoms with van der Waals surface area (Å²) in [5.41, 5.74) is -0.621. The van der Waals surface area contributed by atoms with Crippen molar-refractivity contribution in [2.75, 3.05) is 6.61 Å². The SMILES string of the molecule is CC(F)[C@H](CO)NC(=O)OC(C)(C)C. The molecule has 0 bridgehead atoms. The number of alkyl carbamates (subject to hydrolysis) is 1. The van der Waals surface area contributed by atoms with E-state index in [4.69, 9.17) is 9.84 Å². The molecule has 0 aromatic carbocycles. The second-order valence-corrected chi connectivity index (χ2v) is 4.11. The minimum absolute atomic E-state index is 0.448. The second kappa shape index (κ2) is 5.14. The van der Waals surface area contributed by atoms with Gasteiger partial charge in [0.2, 0.25) is 0 Å². The second-order valence-electron chi connectivity index (χ2n) is 4.11. The largest absolute Gasteiger partial charge is 0.444 e. The zero-order valence-electron chi connectivity index (χ0n) is 9.00. The molecule has 0 aromatic heterocycles. The molecule has 0 spiro atoms. The molecule has 0 radical (unpaired) electrons. The van der Waals surface area contributed by atoms with Gasteiger partial charge in [0.1, 0.15) is 11.8 Å². The molecule has 1 unspecified atom stereocenters. The lowest BCUT2D eigenvalue weighted by Gasteiger charge is -2.23. The quantitative estimate of drug-likeness (QED) is 0.731. The molecule has 0 rings (SSSR count). The molecule has 0 saturated heterocycles. The number of ether oxygens (including phenoxy) is 1. The fraction of sp³-hybridized carbons (Fsp3) is 0.889. The Hall–Kier alpha value is -0.840. The van der Waals surface area contributed by atoms with E-state index in [2.05, 4.69) is 5.32 Å². The van der Waals surface area contributed by atoms with Crippen LogP contribution in [0.3, 0.4) is 0 Å². The van der Waals surface area contributed by atoms with Crippen molar-refractivity contribution in [2.45, 2.75) is 45.5 Å². The van der Waals surface area contributed by atoms with E-state index in [1.807, 2.05) is 0 Å². The highest BCUT2D eigenvalue weighted by Crippen LogP contribution is 2.07. The third-order valence-corrected chi connectivity index (χ3v) is 1.45. The Kier molecular flexibility index (Phi) is 4.83. The van der Waals surface area contributed by atoms with Gasteiger partial charge in [-0.2, -0.15) is 0 Å². The lowest BCUT2D eigenvalue weighted by Crippen LogP contribution is -2.45. The number of rotatable bonds is 3. The van der Waals surface area contributed by atoms with Gasteiger partial charge < -0.3 is 15.2 Å². The Labute approximate surface area is 83.4 Å². The van der Waals surface area contributed by atoms with Gasteiger partial charge in [0.15, 0.2) is 0 Å². The Balaban J connectivity index is 4.04. The van der Waals surface area contributed by atoms with Crippen LogP contribution in [0.5, 0.6) is 0 Å². The molecular formula is C9H18FNO3. The van der Waals surface area contributed by atoms with E-state index < -0.39 is 30.5 Å². The van der Waals surface area contributed by atoms with Crippen molar-refractivity contribution in [3.63, 3.8) is 0 Å². The molecule has 0 heterocycles. The summed E-state index contributed by atoms with van der Waals surface area (Å²) < 4.78 is 17.6. The number of aliphatic hydroxyl groups excluding tert-OH is 1. The van der Waals surface area contributed by atoms with Crippen LogP contribution in [-0.2, 0) is 4.74 Å². The first-order valence-corrected chi connectivity index (χ1v) is 4.50. The monoisotopic (exact) mass is 207 g/mol. The van der Waals surface area contributed by atoms with Crippen LogP contribution in [0.2, 0.25) is 0 Å². The highest BCUT2D eigenvalue weighted by atomic mass is 19.1. The summed E-state index contributed by atoms with van der Waals surface area (Å²) in [6.07, 6.45) is -2.03. The first-order valence-electron chi connectivity index (χ1n) is 4.50. The van der Waals surface area contributed by atoms with Crippen molar-refractivity contribution in [1.82, 2.24) is 5.32 Å². The molecule has 0 aliphatic carbocycles. The summed E-state index contributed by atoms with van der Waals surface area (Å²) in [5.74, 6) is 0. The standard InChI is InChI=1S/C9H18FNO3/c1-6(10)7(5-12)11-8(13)14-9(2,3)4/h6-7,12H,5H2,1-4H3,(H,11,13)/t6?,7-/m0/s1. The van der Waals surface area contributed by atoms with Crippen LogP contribution in [0.1, 0.15) is 27.7 Å². The highest BCUT2D eigenvalue weighted by molar-refractivity contribution is 5.68. The van der Waals surface area contributed by atoms with Crippen LogP contribution in [0, 0.1) is 0 Å². The maximum absolute atomic E-state index is 12.7. The normalized spacial score (nSPS) is 15.9. The number of hydrogen-bond donors (Lipinski definition) is 2. The minimum atomic E-state index is -1.31. The molecule has 0 fully saturated rings. The lowest BCUT2D eigenvalue weighted by atomic mass is 10.2. The topological polar surface area (TPSA) is 58.6 Å². The molecule has 0 aliphatic rings. The Morgan fingerprint density at radius 1 is 1.57 bits per heavy atom. The van der Waals surface area contributed by atoms with Gasteiger partial charge in [-0.15, -0.1) is 0 Å². The van der Waals surface area contributed by atoms with Gasteiger partial charge in [0.05, 0.1) is 12.6 Å². The van der Waals surface area contributed by atoms with E-state index in [9.17, 15) is 9.18 Å². The molecule has 5 heteroatoms. The van der Waals surface area contributed by atoms with Crippen LogP contribution in [-0.4, -0.2) is 35.6 Å². The number of amides is 1. The van der Waals surface area contributed by atoms with E-state index in [1.54, 1.807) is 20.8 Å². The Bertz CT molecular complexity index is 189. The molecule has 2 N–H and O–H groups in total. The number of carbonyl (C=O) groups excluding carboxylic acids is 1.